The van der Waals surface area contributed by atoms with Gasteiger partial charge in [0.2, 0.25) is 11.8 Å². The molecule has 0 saturated carbocycles. The highest BCUT2D eigenvalue weighted by molar-refractivity contribution is 5.89. The highest BCUT2D eigenvalue weighted by Crippen LogP contribution is 2.28. The molecular formula is C22H26N2O5. The summed E-state index contributed by atoms with van der Waals surface area (Å²) in [5.74, 6) is 0.726. The van der Waals surface area contributed by atoms with Gasteiger partial charge in [-0.2, -0.15) is 0 Å². The number of hydrogen-bond donors (Lipinski definition) is 1. The van der Waals surface area contributed by atoms with E-state index < -0.39 is 6.04 Å². The van der Waals surface area contributed by atoms with E-state index in [1.54, 1.807) is 25.2 Å². The van der Waals surface area contributed by atoms with E-state index in [4.69, 9.17) is 14.2 Å². The number of methoxy groups -OCH3 is 2. The highest BCUT2D eigenvalue weighted by atomic mass is 16.5. The number of ether oxygens (including phenoxy) is 3. The van der Waals surface area contributed by atoms with Crippen LogP contribution in [0.15, 0.2) is 42.5 Å². The van der Waals surface area contributed by atoms with Crippen molar-refractivity contribution in [2.45, 2.75) is 26.1 Å². The summed E-state index contributed by atoms with van der Waals surface area (Å²) in [7, 11) is 3.13. The maximum absolute atomic E-state index is 12.8. The van der Waals surface area contributed by atoms with E-state index in [0.717, 1.165) is 16.7 Å². The zero-order valence-corrected chi connectivity index (χ0v) is 16.9. The van der Waals surface area contributed by atoms with Gasteiger partial charge in [-0.25, -0.2) is 0 Å². The van der Waals surface area contributed by atoms with E-state index >= 15 is 0 Å². The first-order chi connectivity index (χ1) is 14.0. The number of benzene rings is 2. The lowest BCUT2D eigenvalue weighted by Gasteiger charge is -2.34. The van der Waals surface area contributed by atoms with Crippen LogP contribution in [0, 0.1) is 6.92 Å². The van der Waals surface area contributed by atoms with Crippen molar-refractivity contribution in [1.82, 2.24) is 10.2 Å². The number of amides is 2. The minimum absolute atomic E-state index is 0.0327. The maximum atomic E-state index is 12.8. The van der Waals surface area contributed by atoms with Crippen LogP contribution >= 0.6 is 0 Å². The van der Waals surface area contributed by atoms with Crippen LogP contribution in [0.5, 0.6) is 11.5 Å². The molecule has 1 fully saturated rings. The molecule has 0 aromatic heterocycles. The standard InChI is InChI=1S/C22H26N2O5/c1-15-4-6-16(7-5-15)11-23-22(26)18-13-29-14-21(25)24(18)12-17-8-9-19(27-2)20(10-17)28-3/h4-10,18H,11-14H2,1-3H3,(H,23,26)/t18-/m0/s1. The highest BCUT2D eigenvalue weighted by Gasteiger charge is 2.34. The quantitative estimate of drug-likeness (QED) is 0.773. The Morgan fingerprint density at radius 2 is 1.79 bits per heavy atom. The Hall–Kier alpha value is -3.06. The van der Waals surface area contributed by atoms with E-state index in [1.807, 2.05) is 43.3 Å². The van der Waals surface area contributed by atoms with Crippen LogP contribution in [-0.4, -0.2) is 50.2 Å². The number of hydrogen-bond acceptors (Lipinski definition) is 5. The summed E-state index contributed by atoms with van der Waals surface area (Å²) in [4.78, 5) is 26.8. The van der Waals surface area contributed by atoms with Crippen LogP contribution in [0.2, 0.25) is 0 Å². The van der Waals surface area contributed by atoms with Gasteiger partial charge in [0.25, 0.3) is 0 Å². The Morgan fingerprint density at radius 1 is 1.10 bits per heavy atom. The van der Waals surface area contributed by atoms with E-state index in [2.05, 4.69) is 5.32 Å². The summed E-state index contributed by atoms with van der Waals surface area (Å²) in [5.41, 5.74) is 3.00. The molecule has 3 rings (SSSR count). The molecule has 7 nitrogen and oxygen atoms in total. The molecule has 2 aromatic carbocycles. The third kappa shape index (κ3) is 5.06. The first-order valence-electron chi connectivity index (χ1n) is 9.43. The van der Waals surface area contributed by atoms with Crippen molar-refractivity contribution >= 4 is 11.8 Å². The van der Waals surface area contributed by atoms with Gasteiger partial charge in [-0.15, -0.1) is 0 Å². The minimum atomic E-state index is -0.685. The Balaban J connectivity index is 1.70. The number of rotatable bonds is 7. The number of nitrogens with one attached hydrogen (secondary N) is 1. The van der Waals surface area contributed by atoms with E-state index in [9.17, 15) is 9.59 Å². The summed E-state index contributed by atoms with van der Waals surface area (Å²) in [6.07, 6.45) is 0. The van der Waals surface area contributed by atoms with Gasteiger partial charge >= 0.3 is 0 Å². The van der Waals surface area contributed by atoms with Gasteiger partial charge in [-0.05, 0) is 30.2 Å². The van der Waals surface area contributed by atoms with Crippen LogP contribution in [0.4, 0.5) is 0 Å². The molecule has 0 aliphatic carbocycles. The molecule has 0 spiro atoms. The third-order valence-electron chi connectivity index (χ3n) is 4.89. The van der Waals surface area contributed by atoms with Crippen LogP contribution in [-0.2, 0) is 27.4 Å². The molecule has 154 valence electrons. The average Bonchev–Trinajstić information content (AvgIpc) is 2.74. The monoisotopic (exact) mass is 398 g/mol. The van der Waals surface area contributed by atoms with Gasteiger partial charge < -0.3 is 24.4 Å². The third-order valence-corrected chi connectivity index (χ3v) is 4.89. The summed E-state index contributed by atoms with van der Waals surface area (Å²) in [6.45, 7) is 2.83. The molecule has 1 aliphatic rings. The summed E-state index contributed by atoms with van der Waals surface area (Å²) >= 11 is 0. The summed E-state index contributed by atoms with van der Waals surface area (Å²) < 4.78 is 15.9. The Labute approximate surface area is 170 Å². The topological polar surface area (TPSA) is 77.1 Å². The molecule has 29 heavy (non-hydrogen) atoms. The molecule has 1 aliphatic heterocycles. The fourth-order valence-corrected chi connectivity index (χ4v) is 3.21. The van der Waals surface area contributed by atoms with Crippen molar-refractivity contribution in [2.24, 2.45) is 0 Å². The van der Waals surface area contributed by atoms with Gasteiger partial charge in [0.15, 0.2) is 11.5 Å². The fourth-order valence-electron chi connectivity index (χ4n) is 3.21. The molecule has 1 N–H and O–H groups in total. The van der Waals surface area contributed by atoms with Crippen molar-refractivity contribution in [2.75, 3.05) is 27.4 Å². The Bertz CT molecular complexity index is 866. The van der Waals surface area contributed by atoms with Crippen molar-refractivity contribution in [3.05, 3.63) is 59.2 Å². The molecular weight excluding hydrogens is 372 g/mol. The van der Waals surface area contributed by atoms with Gasteiger partial charge in [0, 0.05) is 13.1 Å². The molecule has 1 atom stereocenters. The van der Waals surface area contributed by atoms with Crippen LogP contribution in [0.1, 0.15) is 16.7 Å². The number of nitrogens with zero attached hydrogens (tertiary/aromatic N) is 1. The van der Waals surface area contributed by atoms with Crippen LogP contribution in [0.25, 0.3) is 0 Å². The van der Waals surface area contributed by atoms with Gasteiger partial charge in [-0.3, -0.25) is 9.59 Å². The van der Waals surface area contributed by atoms with Crippen LogP contribution < -0.4 is 14.8 Å². The summed E-state index contributed by atoms with van der Waals surface area (Å²) in [5, 5.41) is 2.91. The molecule has 0 bridgehead atoms. The first-order valence-corrected chi connectivity index (χ1v) is 9.43. The molecule has 0 unspecified atom stereocenters. The zero-order chi connectivity index (χ0) is 20.8. The molecule has 1 heterocycles. The van der Waals surface area contributed by atoms with Crippen molar-refractivity contribution in [1.29, 1.82) is 0 Å². The summed E-state index contributed by atoms with van der Waals surface area (Å²) in [6, 6.07) is 12.7. The number of morpholine rings is 1. The first kappa shape index (κ1) is 20.7. The van der Waals surface area contributed by atoms with E-state index in [-0.39, 0.29) is 31.6 Å². The molecule has 7 heteroatoms. The van der Waals surface area contributed by atoms with Crippen molar-refractivity contribution < 1.29 is 23.8 Å². The van der Waals surface area contributed by atoms with E-state index in [0.29, 0.717) is 18.0 Å². The fraction of sp³-hybridized carbons (Fsp3) is 0.364. The van der Waals surface area contributed by atoms with Crippen LogP contribution in [0.3, 0.4) is 0 Å². The van der Waals surface area contributed by atoms with E-state index in [1.165, 1.54) is 0 Å². The SMILES string of the molecule is COc1ccc(CN2C(=O)COC[C@H]2C(=O)NCc2ccc(C)cc2)cc1OC. The lowest BCUT2D eigenvalue weighted by atomic mass is 10.1. The lowest BCUT2D eigenvalue weighted by Crippen LogP contribution is -2.55. The molecule has 2 amide bonds. The predicted molar refractivity (Wildman–Crippen MR) is 108 cm³/mol. The number of carbonyl (C=O) groups is 2. The Kier molecular flexibility index (Phi) is 6.72. The second-order valence-corrected chi connectivity index (χ2v) is 6.95. The molecule has 2 aromatic rings. The van der Waals surface area contributed by atoms with Gasteiger partial charge in [-0.1, -0.05) is 35.9 Å². The second-order valence-electron chi connectivity index (χ2n) is 6.95. The molecule has 1 saturated heterocycles. The predicted octanol–water partition coefficient (Wildman–Crippen LogP) is 2.06. The zero-order valence-electron chi connectivity index (χ0n) is 16.9. The largest absolute Gasteiger partial charge is 0.493 e. The lowest BCUT2D eigenvalue weighted by molar-refractivity contribution is -0.155. The smallest absolute Gasteiger partial charge is 0.249 e. The number of aryl methyl sites for hydroxylation is 1. The maximum Gasteiger partial charge on any atom is 0.249 e. The Morgan fingerprint density at radius 3 is 2.48 bits per heavy atom. The van der Waals surface area contributed by atoms with Crippen molar-refractivity contribution in [3.63, 3.8) is 0 Å². The molecule has 0 radical (unpaired) electrons. The average molecular weight is 398 g/mol. The van der Waals surface area contributed by atoms with Gasteiger partial charge in [0.1, 0.15) is 12.6 Å². The minimum Gasteiger partial charge on any atom is -0.493 e. The second kappa shape index (κ2) is 9.43. The normalized spacial score (nSPS) is 16.4. The van der Waals surface area contributed by atoms with Gasteiger partial charge in [0.05, 0.1) is 20.8 Å². The number of carbonyl (C=O) groups excluding carboxylic acids is 2. The van der Waals surface area contributed by atoms with Crippen molar-refractivity contribution in [3.8, 4) is 11.5 Å².